The SMILES string of the molecule is C/C(=N/NC(=O)CSc1nc2ccccc2s1)c1ccc(C)cc1. The molecular formula is C18H17N3OS2. The van der Waals surface area contributed by atoms with Crippen LogP contribution in [0.15, 0.2) is 58.0 Å². The Bertz CT molecular complexity index is 852. The first-order valence-corrected chi connectivity index (χ1v) is 9.30. The van der Waals surface area contributed by atoms with Crippen LogP contribution in [-0.2, 0) is 4.79 Å². The first kappa shape index (κ1) is 16.7. The molecule has 2 aromatic carbocycles. The molecule has 122 valence electrons. The van der Waals surface area contributed by atoms with Crippen molar-refractivity contribution >= 4 is 44.9 Å². The Morgan fingerprint density at radius 2 is 1.96 bits per heavy atom. The van der Waals surface area contributed by atoms with Crippen LogP contribution in [0, 0.1) is 6.92 Å². The van der Waals surface area contributed by atoms with Crippen molar-refractivity contribution in [3.63, 3.8) is 0 Å². The Balaban J connectivity index is 1.55. The van der Waals surface area contributed by atoms with Crippen molar-refractivity contribution in [1.82, 2.24) is 10.4 Å². The van der Waals surface area contributed by atoms with Crippen LogP contribution in [-0.4, -0.2) is 22.4 Å². The van der Waals surface area contributed by atoms with Gasteiger partial charge in [0.25, 0.3) is 5.91 Å². The highest BCUT2D eigenvalue weighted by molar-refractivity contribution is 8.01. The van der Waals surface area contributed by atoms with Gasteiger partial charge < -0.3 is 0 Å². The van der Waals surface area contributed by atoms with Crippen molar-refractivity contribution in [2.45, 2.75) is 18.2 Å². The van der Waals surface area contributed by atoms with Crippen molar-refractivity contribution in [2.24, 2.45) is 5.10 Å². The summed E-state index contributed by atoms with van der Waals surface area (Å²) < 4.78 is 2.03. The number of carbonyl (C=O) groups is 1. The molecule has 1 N–H and O–H groups in total. The van der Waals surface area contributed by atoms with Gasteiger partial charge in [-0.05, 0) is 31.5 Å². The standard InChI is InChI=1S/C18H17N3OS2/c1-12-7-9-14(10-8-12)13(2)20-21-17(22)11-23-18-19-15-5-3-4-6-16(15)24-18/h3-10H,11H2,1-2H3,(H,21,22)/b20-13-. The molecule has 0 atom stereocenters. The van der Waals surface area contributed by atoms with Crippen LogP contribution in [0.5, 0.6) is 0 Å². The number of fused-ring (bicyclic) bond motifs is 1. The van der Waals surface area contributed by atoms with Crippen LogP contribution >= 0.6 is 23.1 Å². The van der Waals surface area contributed by atoms with E-state index in [1.165, 1.54) is 17.3 Å². The van der Waals surface area contributed by atoms with Crippen molar-refractivity contribution in [3.05, 3.63) is 59.7 Å². The molecule has 0 aliphatic carbocycles. The number of hydrazone groups is 1. The molecule has 0 aliphatic rings. The van der Waals surface area contributed by atoms with Crippen molar-refractivity contribution in [1.29, 1.82) is 0 Å². The van der Waals surface area contributed by atoms with Gasteiger partial charge in [-0.25, -0.2) is 10.4 Å². The van der Waals surface area contributed by atoms with Gasteiger partial charge in [0, 0.05) is 0 Å². The van der Waals surface area contributed by atoms with Gasteiger partial charge in [-0.15, -0.1) is 11.3 Å². The molecule has 0 saturated heterocycles. The van der Waals surface area contributed by atoms with Gasteiger partial charge in [-0.1, -0.05) is 53.7 Å². The van der Waals surface area contributed by atoms with E-state index in [0.29, 0.717) is 5.75 Å². The Hall–Kier alpha value is -2.18. The fraction of sp³-hybridized carbons (Fsp3) is 0.167. The minimum atomic E-state index is -0.134. The molecule has 0 fully saturated rings. The third-order valence-corrected chi connectivity index (χ3v) is 5.60. The second-order valence-electron chi connectivity index (χ2n) is 5.33. The van der Waals surface area contributed by atoms with Crippen molar-refractivity contribution in [3.8, 4) is 0 Å². The summed E-state index contributed by atoms with van der Waals surface area (Å²) in [5, 5.41) is 4.17. The highest BCUT2D eigenvalue weighted by atomic mass is 32.2. The zero-order valence-electron chi connectivity index (χ0n) is 13.4. The van der Waals surface area contributed by atoms with E-state index in [1.54, 1.807) is 11.3 Å². The summed E-state index contributed by atoms with van der Waals surface area (Å²) >= 11 is 3.03. The van der Waals surface area contributed by atoms with Crippen LogP contribution in [0.1, 0.15) is 18.1 Å². The number of hydrogen-bond donors (Lipinski definition) is 1. The summed E-state index contributed by atoms with van der Waals surface area (Å²) in [6, 6.07) is 16.0. The fourth-order valence-corrected chi connectivity index (χ4v) is 3.94. The van der Waals surface area contributed by atoms with Gasteiger partial charge in [0.2, 0.25) is 0 Å². The summed E-state index contributed by atoms with van der Waals surface area (Å²) in [6.45, 7) is 3.92. The Morgan fingerprint density at radius 1 is 1.21 bits per heavy atom. The largest absolute Gasteiger partial charge is 0.272 e. The summed E-state index contributed by atoms with van der Waals surface area (Å²) in [4.78, 5) is 16.5. The molecule has 0 radical (unpaired) electrons. The number of benzene rings is 2. The second-order valence-corrected chi connectivity index (χ2v) is 7.59. The molecule has 4 nitrogen and oxygen atoms in total. The molecule has 0 unspecified atom stereocenters. The monoisotopic (exact) mass is 355 g/mol. The molecule has 3 rings (SSSR count). The van der Waals surface area contributed by atoms with E-state index in [1.807, 2.05) is 62.4 Å². The van der Waals surface area contributed by atoms with Crippen LogP contribution in [0.3, 0.4) is 0 Å². The van der Waals surface area contributed by atoms with Gasteiger partial charge in [0.05, 0.1) is 21.7 Å². The number of carbonyl (C=O) groups excluding carboxylic acids is 1. The number of nitrogens with one attached hydrogen (secondary N) is 1. The fourth-order valence-electron chi connectivity index (χ4n) is 2.08. The number of aryl methyl sites for hydroxylation is 1. The van der Waals surface area contributed by atoms with Gasteiger partial charge in [-0.3, -0.25) is 4.79 Å². The number of thiazole rings is 1. The third kappa shape index (κ3) is 4.21. The highest BCUT2D eigenvalue weighted by Gasteiger charge is 2.07. The number of thioether (sulfide) groups is 1. The summed E-state index contributed by atoms with van der Waals surface area (Å²) in [6.07, 6.45) is 0. The predicted octanol–water partition coefficient (Wildman–Crippen LogP) is 4.24. The number of amides is 1. The number of rotatable bonds is 5. The minimum Gasteiger partial charge on any atom is -0.272 e. The molecular weight excluding hydrogens is 338 g/mol. The molecule has 1 aromatic heterocycles. The van der Waals surface area contributed by atoms with Gasteiger partial charge >= 0.3 is 0 Å². The molecule has 0 aliphatic heterocycles. The van der Waals surface area contributed by atoms with E-state index in [-0.39, 0.29) is 5.91 Å². The summed E-state index contributed by atoms with van der Waals surface area (Å²) in [5.74, 6) is 0.163. The maximum atomic E-state index is 12.0. The van der Waals surface area contributed by atoms with Crippen LogP contribution in [0.25, 0.3) is 10.2 Å². The highest BCUT2D eigenvalue weighted by Crippen LogP contribution is 2.28. The Kier molecular flexibility index (Phi) is 5.27. The first-order valence-electron chi connectivity index (χ1n) is 7.50. The minimum absolute atomic E-state index is 0.134. The average Bonchev–Trinajstić information content (AvgIpc) is 3.01. The van der Waals surface area contributed by atoms with E-state index in [2.05, 4.69) is 15.5 Å². The number of para-hydroxylation sites is 1. The van der Waals surface area contributed by atoms with Crippen LogP contribution < -0.4 is 5.43 Å². The number of nitrogens with zero attached hydrogens (tertiary/aromatic N) is 2. The molecule has 0 bridgehead atoms. The average molecular weight is 355 g/mol. The topological polar surface area (TPSA) is 54.4 Å². The molecule has 6 heteroatoms. The van der Waals surface area contributed by atoms with Crippen molar-refractivity contribution < 1.29 is 4.79 Å². The van der Waals surface area contributed by atoms with E-state index in [0.717, 1.165) is 25.8 Å². The van der Waals surface area contributed by atoms with Gasteiger partial charge in [-0.2, -0.15) is 5.10 Å². The smallest absolute Gasteiger partial charge is 0.250 e. The zero-order valence-corrected chi connectivity index (χ0v) is 15.1. The Morgan fingerprint density at radius 3 is 2.71 bits per heavy atom. The maximum Gasteiger partial charge on any atom is 0.250 e. The first-order chi connectivity index (χ1) is 11.6. The molecule has 24 heavy (non-hydrogen) atoms. The Labute approximate surface area is 149 Å². The number of aromatic nitrogens is 1. The lowest BCUT2D eigenvalue weighted by Crippen LogP contribution is -2.21. The van der Waals surface area contributed by atoms with E-state index < -0.39 is 0 Å². The second kappa shape index (κ2) is 7.59. The third-order valence-electron chi connectivity index (χ3n) is 3.42. The van der Waals surface area contributed by atoms with E-state index >= 15 is 0 Å². The molecule has 1 heterocycles. The lowest BCUT2D eigenvalue weighted by Gasteiger charge is -2.03. The van der Waals surface area contributed by atoms with Gasteiger partial charge in [0.1, 0.15) is 0 Å². The normalized spacial score (nSPS) is 11.7. The predicted molar refractivity (Wildman–Crippen MR) is 102 cm³/mol. The quantitative estimate of drug-likeness (QED) is 0.423. The van der Waals surface area contributed by atoms with Crippen LogP contribution in [0.4, 0.5) is 0 Å². The van der Waals surface area contributed by atoms with Crippen LogP contribution in [0.2, 0.25) is 0 Å². The lowest BCUT2D eigenvalue weighted by molar-refractivity contribution is -0.118. The molecule has 0 saturated carbocycles. The molecule has 1 amide bonds. The lowest BCUT2D eigenvalue weighted by atomic mass is 10.1. The molecule has 3 aromatic rings. The van der Waals surface area contributed by atoms with E-state index in [9.17, 15) is 4.79 Å². The van der Waals surface area contributed by atoms with Gasteiger partial charge in [0.15, 0.2) is 4.34 Å². The summed E-state index contributed by atoms with van der Waals surface area (Å²) in [5.41, 5.74) is 6.56. The van der Waals surface area contributed by atoms with E-state index in [4.69, 9.17) is 0 Å². The summed E-state index contributed by atoms with van der Waals surface area (Å²) in [7, 11) is 0. The van der Waals surface area contributed by atoms with Crippen molar-refractivity contribution in [2.75, 3.05) is 5.75 Å². The molecule has 0 spiro atoms. The maximum absolute atomic E-state index is 12.0. The zero-order chi connectivity index (χ0) is 16.9. The number of hydrogen-bond acceptors (Lipinski definition) is 5.